The van der Waals surface area contributed by atoms with Crippen LogP contribution in [0.15, 0.2) is 42.5 Å². The lowest BCUT2D eigenvalue weighted by atomic mass is 10.3. The quantitative estimate of drug-likeness (QED) is 0.689. The van der Waals surface area contributed by atoms with E-state index in [1.54, 1.807) is 23.5 Å². The molecule has 5 heteroatoms. The average Bonchev–Trinajstić information content (AvgIpc) is 2.76. The number of benzene rings is 2. The number of hydrogen-bond acceptors (Lipinski definition) is 3. The van der Waals surface area contributed by atoms with Gasteiger partial charge in [0.05, 0.1) is 20.3 Å². The van der Waals surface area contributed by atoms with E-state index in [2.05, 4.69) is 10.3 Å². The monoisotopic (exact) mass is 294 g/mol. The lowest BCUT2D eigenvalue weighted by Crippen LogP contribution is -1.88. The van der Waals surface area contributed by atoms with Crippen LogP contribution in [0.25, 0.3) is 10.2 Å². The topological polar surface area (TPSA) is 24.9 Å². The van der Waals surface area contributed by atoms with Crippen molar-refractivity contribution in [1.82, 2.24) is 4.98 Å². The molecule has 0 saturated heterocycles. The number of halogens is 2. The Morgan fingerprint density at radius 3 is 2.61 bits per heavy atom. The lowest BCUT2D eigenvalue weighted by Gasteiger charge is -2.03. The van der Waals surface area contributed by atoms with Gasteiger partial charge in [-0.05, 0) is 30.3 Å². The number of thiazole rings is 1. The van der Waals surface area contributed by atoms with Gasteiger partial charge in [-0.2, -0.15) is 0 Å². The second-order valence-corrected chi connectivity index (χ2v) is 5.59. The van der Waals surface area contributed by atoms with Crippen molar-refractivity contribution in [3.05, 3.63) is 52.5 Å². The van der Waals surface area contributed by atoms with Crippen LogP contribution in [0.5, 0.6) is 0 Å². The zero-order valence-electron chi connectivity index (χ0n) is 9.15. The van der Waals surface area contributed by atoms with E-state index in [4.69, 9.17) is 23.2 Å². The van der Waals surface area contributed by atoms with Crippen LogP contribution >= 0.6 is 34.5 Å². The summed E-state index contributed by atoms with van der Waals surface area (Å²) in [6, 6.07) is 13.4. The Labute approximate surface area is 118 Å². The van der Waals surface area contributed by atoms with Gasteiger partial charge in [-0.3, -0.25) is 0 Å². The van der Waals surface area contributed by atoms with Gasteiger partial charge in [0, 0.05) is 5.69 Å². The summed E-state index contributed by atoms with van der Waals surface area (Å²) >= 11 is 13.4. The van der Waals surface area contributed by atoms with E-state index >= 15 is 0 Å². The molecule has 0 amide bonds. The third-order valence-electron chi connectivity index (χ3n) is 2.46. The molecule has 0 aliphatic rings. The van der Waals surface area contributed by atoms with E-state index in [1.807, 2.05) is 30.3 Å². The normalized spacial score (nSPS) is 10.8. The molecule has 1 heterocycles. The largest absolute Gasteiger partial charge is 0.331 e. The highest BCUT2D eigenvalue weighted by Gasteiger charge is 2.04. The number of anilines is 2. The van der Waals surface area contributed by atoms with E-state index in [1.165, 1.54) is 0 Å². The fourth-order valence-corrected chi connectivity index (χ4v) is 2.81. The van der Waals surface area contributed by atoms with Crippen LogP contribution in [0.1, 0.15) is 0 Å². The molecule has 0 bridgehead atoms. The SMILES string of the molecule is Clc1ccc(Nc2nc3ccccc3s2)cc1Cl. The Morgan fingerprint density at radius 1 is 1.00 bits per heavy atom. The molecule has 1 N–H and O–H groups in total. The Kier molecular flexibility index (Phi) is 3.12. The van der Waals surface area contributed by atoms with Crippen molar-refractivity contribution in [3.63, 3.8) is 0 Å². The molecule has 3 aromatic rings. The molecular formula is C13H8Cl2N2S. The van der Waals surface area contributed by atoms with E-state index in [0.29, 0.717) is 10.0 Å². The highest BCUT2D eigenvalue weighted by Crippen LogP contribution is 2.30. The molecule has 0 fully saturated rings. The minimum absolute atomic E-state index is 0.530. The highest BCUT2D eigenvalue weighted by atomic mass is 35.5. The Hall–Kier alpha value is -1.29. The first kappa shape index (κ1) is 11.8. The first-order valence-corrected chi connectivity index (χ1v) is 6.87. The van der Waals surface area contributed by atoms with Crippen LogP contribution in [-0.4, -0.2) is 4.98 Å². The molecule has 0 radical (unpaired) electrons. The van der Waals surface area contributed by atoms with Crippen molar-refractivity contribution in [3.8, 4) is 0 Å². The van der Waals surface area contributed by atoms with Gasteiger partial charge in [-0.15, -0.1) is 0 Å². The summed E-state index contributed by atoms with van der Waals surface area (Å²) in [6.45, 7) is 0. The molecule has 0 unspecified atom stereocenters. The molecule has 2 nitrogen and oxygen atoms in total. The van der Waals surface area contributed by atoms with Crippen molar-refractivity contribution in [2.24, 2.45) is 0 Å². The van der Waals surface area contributed by atoms with Gasteiger partial charge in [-0.1, -0.05) is 46.7 Å². The molecule has 90 valence electrons. The highest BCUT2D eigenvalue weighted by molar-refractivity contribution is 7.22. The number of aromatic nitrogens is 1. The molecule has 0 aliphatic heterocycles. The van der Waals surface area contributed by atoms with Crippen LogP contribution in [0.2, 0.25) is 10.0 Å². The van der Waals surface area contributed by atoms with Gasteiger partial charge in [0.25, 0.3) is 0 Å². The minimum atomic E-state index is 0.530. The molecule has 2 aromatic carbocycles. The summed E-state index contributed by atoms with van der Waals surface area (Å²) < 4.78 is 1.15. The molecular weight excluding hydrogens is 287 g/mol. The molecule has 18 heavy (non-hydrogen) atoms. The van der Waals surface area contributed by atoms with Gasteiger partial charge in [0.2, 0.25) is 0 Å². The number of hydrogen-bond donors (Lipinski definition) is 1. The molecule has 0 spiro atoms. The second kappa shape index (κ2) is 4.76. The number of nitrogens with one attached hydrogen (secondary N) is 1. The number of para-hydroxylation sites is 1. The zero-order chi connectivity index (χ0) is 12.5. The van der Waals surface area contributed by atoms with Crippen molar-refractivity contribution >= 4 is 55.6 Å². The maximum Gasteiger partial charge on any atom is 0.188 e. The smallest absolute Gasteiger partial charge is 0.188 e. The summed E-state index contributed by atoms with van der Waals surface area (Å²) in [5.74, 6) is 0. The van der Waals surface area contributed by atoms with E-state index < -0.39 is 0 Å². The Morgan fingerprint density at radius 2 is 1.83 bits per heavy atom. The predicted octanol–water partition coefficient (Wildman–Crippen LogP) is 5.35. The van der Waals surface area contributed by atoms with Gasteiger partial charge in [0.1, 0.15) is 0 Å². The third-order valence-corrected chi connectivity index (χ3v) is 4.16. The third kappa shape index (κ3) is 2.29. The fraction of sp³-hybridized carbons (Fsp3) is 0. The first-order chi connectivity index (χ1) is 8.72. The van der Waals surface area contributed by atoms with Crippen molar-refractivity contribution in [1.29, 1.82) is 0 Å². The summed E-state index contributed by atoms with van der Waals surface area (Å²) in [5, 5.41) is 5.15. The summed E-state index contributed by atoms with van der Waals surface area (Å²) in [6.07, 6.45) is 0. The van der Waals surface area contributed by atoms with E-state index in [-0.39, 0.29) is 0 Å². The summed E-state index contributed by atoms with van der Waals surface area (Å²) in [7, 11) is 0. The maximum absolute atomic E-state index is 5.97. The fourth-order valence-electron chi connectivity index (χ4n) is 1.62. The van der Waals surface area contributed by atoms with Gasteiger partial charge in [0.15, 0.2) is 5.13 Å². The van der Waals surface area contributed by atoms with Crippen LogP contribution in [0.3, 0.4) is 0 Å². The number of nitrogens with zero attached hydrogens (tertiary/aromatic N) is 1. The summed E-state index contributed by atoms with van der Waals surface area (Å²) in [4.78, 5) is 4.49. The summed E-state index contributed by atoms with van der Waals surface area (Å²) in [5.41, 5.74) is 1.87. The molecule has 0 aliphatic carbocycles. The number of fused-ring (bicyclic) bond motifs is 1. The van der Waals surface area contributed by atoms with Crippen molar-refractivity contribution < 1.29 is 0 Å². The molecule has 0 saturated carbocycles. The van der Waals surface area contributed by atoms with Crippen LogP contribution in [0, 0.1) is 0 Å². The van der Waals surface area contributed by atoms with E-state index in [0.717, 1.165) is 21.0 Å². The zero-order valence-corrected chi connectivity index (χ0v) is 11.5. The second-order valence-electron chi connectivity index (χ2n) is 3.74. The minimum Gasteiger partial charge on any atom is -0.331 e. The van der Waals surface area contributed by atoms with Crippen molar-refractivity contribution in [2.75, 3.05) is 5.32 Å². The molecule has 1 aromatic heterocycles. The standard InChI is InChI=1S/C13H8Cl2N2S/c14-9-6-5-8(7-10(9)15)16-13-17-11-3-1-2-4-12(11)18-13/h1-7H,(H,16,17). The van der Waals surface area contributed by atoms with Crippen molar-refractivity contribution in [2.45, 2.75) is 0 Å². The Bertz CT molecular complexity index is 676. The lowest BCUT2D eigenvalue weighted by molar-refractivity contribution is 1.44. The first-order valence-electron chi connectivity index (χ1n) is 5.30. The molecule has 0 atom stereocenters. The van der Waals surface area contributed by atoms with E-state index in [9.17, 15) is 0 Å². The van der Waals surface area contributed by atoms with Gasteiger partial charge >= 0.3 is 0 Å². The van der Waals surface area contributed by atoms with Gasteiger partial charge in [-0.25, -0.2) is 4.98 Å². The van der Waals surface area contributed by atoms with Crippen LogP contribution in [-0.2, 0) is 0 Å². The maximum atomic E-state index is 5.97. The average molecular weight is 295 g/mol. The number of rotatable bonds is 2. The Balaban J connectivity index is 1.93. The van der Waals surface area contributed by atoms with Crippen LogP contribution < -0.4 is 5.32 Å². The molecule has 3 rings (SSSR count). The predicted molar refractivity (Wildman–Crippen MR) is 79.4 cm³/mol. The van der Waals surface area contributed by atoms with Gasteiger partial charge < -0.3 is 5.32 Å². The van der Waals surface area contributed by atoms with Crippen LogP contribution in [0.4, 0.5) is 10.8 Å².